The van der Waals surface area contributed by atoms with E-state index in [1.807, 2.05) is 37.3 Å². The Labute approximate surface area is 114 Å². The smallest absolute Gasteiger partial charge is 0.306 e. The van der Waals surface area contributed by atoms with Crippen molar-refractivity contribution in [1.82, 2.24) is 0 Å². The van der Waals surface area contributed by atoms with Gasteiger partial charge < -0.3 is 9.84 Å². The molecular weight excluding hydrogens is 240 g/mol. The minimum atomic E-state index is -0.292. The van der Waals surface area contributed by atoms with Gasteiger partial charge in [-0.2, -0.15) is 0 Å². The highest BCUT2D eigenvalue weighted by molar-refractivity contribution is 5.70. The first-order valence-corrected chi connectivity index (χ1v) is 7.05. The molecule has 3 heteroatoms. The standard InChI is InChI=1S/C16H22O3/c1-12(13-6-3-2-4-7-13)10-16(18)19-11-14-8-5-9-15(14)17/h2-4,6-7,12,14-15,17H,5,8-11H2,1H3/t12-,14-,15+/m0/s1. The number of carbonyl (C=O) groups is 1. The van der Waals surface area contributed by atoms with Crippen LogP contribution in [0.2, 0.25) is 0 Å². The van der Waals surface area contributed by atoms with E-state index < -0.39 is 0 Å². The van der Waals surface area contributed by atoms with Gasteiger partial charge in [-0.15, -0.1) is 0 Å². The summed E-state index contributed by atoms with van der Waals surface area (Å²) in [7, 11) is 0. The van der Waals surface area contributed by atoms with Crippen molar-refractivity contribution < 1.29 is 14.6 Å². The number of aliphatic hydroxyl groups excluding tert-OH is 1. The molecule has 104 valence electrons. The van der Waals surface area contributed by atoms with Gasteiger partial charge in [-0.1, -0.05) is 43.7 Å². The average molecular weight is 262 g/mol. The molecule has 1 saturated carbocycles. The predicted molar refractivity (Wildman–Crippen MR) is 73.8 cm³/mol. The van der Waals surface area contributed by atoms with Crippen molar-refractivity contribution in [3.05, 3.63) is 35.9 Å². The Morgan fingerprint density at radius 2 is 2.11 bits per heavy atom. The third-order valence-electron chi connectivity index (χ3n) is 3.92. The van der Waals surface area contributed by atoms with E-state index in [-0.39, 0.29) is 23.9 Å². The SMILES string of the molecule is C[C@@H](CC(=O)OC[C@@H]1CCC[C@H]1O)c1ccccc1. The highest BCUT2D eigenvalue weighted by atomic mass is 16.5. The number of hydrogen-bond acceptors (Lipinski definition) is 3. The third kappa shape index (κ3) is 4.06. The van der Waals surface area contributed by atoms with Gasteiger partial charge in [0.2, 0.25) is 0 Å². The molecule has 0 amide bonds. The second-order valence-corrected chi connectivity index (χ2v) is 5.46. The fourth-order valence-corrected chi connectivity index (χ4v) is 2.62. The van der Waals surface area contributed by atoms with E-state index in [9.17, 15) is 9.90 Å². The maximum Gasteiger partial charge on any atom is 0.306 e. The van der Waals surface area contributed by atoms with Crippen molar-refractivity contribution in [2.24, 2.45) is 5.92 Å². The largest absolute Gasteiger partial charge is 0.465 e. The number of rotatable bonds is 5. The Hall–Kier alpha value is -1.35. The molecule has 1 N–H and O–H groups in total. The van der Waals surface area contributed by atoms with Crippen molar-refractivity contribution in [2.45, 2.75) is 44.6 Å². The van der Waals surface area contributed by atoms with Crippen LogP contribution in [0.15, 0.2) is 30.3 Å². The second-order valence-electron chi connectivity index (χ2n) is 5.46. The van der Waals surface area contributed by atoms with E-state index in [2.05, 4.69) is 0 Å². The van der Waals surface area contributed by atoms with Crippen LogP contribution in [0.25, 0.3) is 0 Å². The first-order chi connectivity index (χ1) is 9.16. The Morgan fingerprint density at radius 3 is 2.74 bits per heavy atom. The van der Waals surface area contributed by atoms with Gasteiger partial charge in [0, 0.05) is 5.92 Å². The fourth-order valence-electron chi connectivity index (χ4n) is 2.62. The summed E-state index contributed by atoms with van der Waals surface area (Å²) in [6.07, 6.45) is 2.93. The molecule has 1 aliphatic carbocycles. The minimum Gasteiger partial charge on any atom is -0.465 e. The second kappa shape index (κ2) is 6.71. The number of benzene rings is 1. The number of aliphatic hydroxyl groups is 1. The van der Waals surface area contributed by atoms with E-state index >= 15 is 0 Å². The summed E-state index contributed by atoms with van der Waals surface area (Å²) >= 11 is 0. The Bertz CT molecular complexity index is 402. The van der Waals surface area contributed by atoms with E-state index in [4.69, 9.17) is 4.74 Å². The zero-order valence-electron chi connectivity index (χ0n) is 11.4. The van der Waals surface area contributed by atoms with Crippen LogP contribution >= 0.6 is 0 Å². The van der Waals surface area contributed by atoms with Gasteiger partial charge in [0.05, 0.1) is 19.1 Å². The first-order valence-electron chi connectivity index (χ1n) is 7.05. The van der Waals surface area contributed by atoms with Gasteiger partial charge in [-0.3, -0.25) is 4.79 Å². The van der Waals surface area contributed by atoms with Crippen molar-refractivity contribution in [3.63, 3.8) is 0 Å². The summed E-state index contributed by atoms with van der Waals surface area (Å²) in [5.41, 5.74) is 1.15. The third-order valence-corrected chi connectivity index (χ3v) is 3.92. The molecular formula is C16H22O3. The maximum atomic E-state index is 11.8. The van der Waals surface area contributed by atoms with Crippen LogP contribution in [0.3, 0.4) is 0 Å². The van der Waals surface area contributed by atoms with Crippen molar-refractivity contribution in [3.8, 4) is 0 Å². The van der Waals surface area contributed by atoms with Crippen molar-refractivity contribution in [2.75, 3.05) is 6.61 Å². The summed E-state index contributed by atoms with van der Waals surface area (Å²) in [5, 5.41) is 9.67. The highest BCUT2D eigenvalue weighted by Gasteiger charge is 2.26. The van der Waals surface area contributed by atoms with E-state index in [0.717, 1.165) is 24.8 Å². The topological polar surface area (TPSA) is 46.5 Å². The number of hydrogen-bond donors (Lipinski definition) is 1. The van der Waals surface area contributed by atoms with Crippen LogP contribution in [0.1, 0.15) is 44.1 Å². The minimum absolute atomic E-state index is 0.135. The van der Waals surface area contributed by atoms with Crippen molar-refractivity contribution in [1.29, 1.82) is 0 Å². The summed E-state index contributed by atoms with van der Waals surface area (Å²) in [6, 6.07) is 9.98. The normalized spacial score (nSPS) is 24.1. The zero-order valence-corrected chi connectivity index (χ0v) is 11.4. The number of ether oxygens (including phenoxy) is 1. The van der Waals surface area contributed by atoms with Gasteiger partial charge in [0.1, 0.15) is 0 Å². The molecule has 3 nitrogen and oxygen atoms in total. The zero-order chi connectivity index (χ0) is 13.7. The molecule has 0 aromatic heterocycles. The maximum absolute atomic E-state index is 11.8. The molecule has 1 aromatic rings. The van der Waals surface area contributed by atoms with Gasteiger partial charge >= 0.3 is 5.97 Å². The molecule has 0 unspecified atom stereocenters. The first kappa shape index (κ1) is 14.1. The fraction of sp³-hybridized carbons (Fsp3) is 0.562. The molecule has 3 atom stereocenters. The van der Waals surface area contributed by atoms with Gasteiger partial charge in [0.25, 0.3) is 0 Å². The average Bonchev–Trinajstić information content (AvgIpc) is 2.83. The molecule has 0 saturated heterocycles. The molecule has 2 rings (SSSR count). The summed E-state index contributed by atoms with van der Waals surface area (Å²) in [5.74, 6) is 0.133. The van der Waals surface area contributed by atoms with E-state index in [0.29, 0.717) is 13.0 Å². The van der Waals surface area contributed by atoms with Crippen LogP contribution in [0, 0.1) is 5.92 Å². The molecule has 0 aliphatic heterocycles. The molecule has 1 aromatic carbocycles. The lowest BCUT2D eigenvalue weighted by atomic mass is 9.98. The molecule has 1 aliphatic rings. The van der Waals surface area contributed by atoms with E-state index in [1.165, 1.54) is 0 Å². The van der Waals surface area contributed by atoms with Crippen LogP contribution < -0.4 is 0 Å². The van der Waals surface area contributed by atoms with Crippen molar-refractivity contribution >= 4 is 5.97 Å². The van der Waals surface area contributed by atoms with Gasteiger partial charge in [-0.05, 0) is 24.3 Å². The van der Waals surface area contributed by atoms with E-state index in [1.54, 1.807) is 0 Å². The van der Waals surface area contributed by atoms with Crippen LogP contribution in [-0.4, -0.2) is 23.8 Å². The summed E-state index contributed by atoms with van der Waals surface area (Å²) in [6.45, 7) is 2.39. The van der Waals surface area contributed by atoms with Crippen LogP contribution in [0.5, 0.6) is 0 Å². The van der Waals surface area contributed by atoms with Gasteiger partial charge in [0.15, 0.2) is 0 Å². The molecule has 0 radical (unpaired) electrons. The molecule has 0 spiro atoms. The summed E-state index contributed by atoms with van der Waals surface area (Å²) in [4.78, 5) is 11.8. The predicted octanol–water partition coefficient (Wildman–Crippen LogP) is 2.88. The summed E-state index contributed by atoms with van der Waals surface area (Å²) < 4.78 is 5.29. The lowest BCUT2D eigenvalue weighted by molar-refractivity contribution is -0.146. The Morgan fingerprint density at radius 1 is 1.37 bits per heavy atom. The van der Waals surface area contributed by atoms with Crippen LogP contribution in [-0.2, 0) is 9.53 Å². The molecule has 0 bridgehead atoms. The Kier molecular flexibility index (Phi) is 4.97. The molecule has 1 fully saturated rings. The Balaban J connectivity index is 1.75. The lowest BCUT2D eigenvalue weighted by Gasteiger charge is -2.16. The molecule has 19 heavy (non-hydrogen) atoms. The molecule has 0 heterocycles. The van der Waals surface area contributed by atoms with Gasteiger partial charge in [-0.25, -0.2) is 0 Å². The highest BCUT2D eigenvalue weighted by Crippen LogP contribution is 2.26. The quantitative estimate of drug-likeness (QED) is 0.830. The monoisotopic (exact) mass is 262 g/mol. The number of carbonyl (C=O) groups excluding carboxylic acids is 1. The van der Waals surface area contributed by atoms with Crippen LogP contribution in [0.4, 0.5) is 0 Å². The lowest BCUT2D eigenvalue weighted by Crippen LogP contribution is -2.21. The number of esters is 1.